The smallest absolute Gasteiger partial charge is 0.144 e. The second kappa shape index (κ2) is 10.6. The van der Waals surface area contributed by atoms with Gasteiger partial charge in [-0.05, 0) is 58.8 Å². The molecule has 0 aliphatic heterocycles. The Morgan fingerprint density at radius 1 is 0.674 bits per heavy atom. The molecule has 0 atom stereocenters. The molecule has 0 saturated carbocycles. The van der Waals surface area contributed by atoms with Crippen LogP contribution in [0, 0.1) is 0 Å². The summed E-state index contributed by atoms with van der Waals surface area (Å²) < 4.78 is 8.62. The average molecular weight is 616 g/mol. The molecular formula is C40H33N3O2Si. The third-order valence-electron chi connectivity index (χ3n) is 8.92. The number of aromatic nitrogens is 3. The van der Waals surface area contributed by atoms with E-state index < -0.39 is 8.07 Å². The van der Waals surface area contributed by atoms with E-state index in [1.165, 1.54) is 16.3 Å². The molecule has 5 nitrogen and oxygen atoms in total. The molecule has 5 aromatic carbocycles. The zero-order chi connectivity index (χ0) is 31.6. The van der Waals surface area contributed by atoms with E-state index in [0.29, 0.717) is 11.4 Å². The third-order valence-corrected chi connectivity index (χ3v) is 10.9. The molecular weight excluding hydrogens is 583 g/mol. The van der Waals surface area contributed by atoms with Gasteiger partial charge in [0, 0.05) is 40.7 Å². The number of fused-ring (bicyclic) bond motifs is 4. The fourth-order valence-electron chi connectivity index (χ4n) is 6.58. The molecule has 0 radical (unpaired) electrons. The van der Waals surface area contributed by atoms with Crippen LogP contribution in [-0.2, 0) is 7.05 Å². The molecule has 0 saturated heterocycles. The topological polar surface area (TPSA) is 64.1 Å². The summed E-state index contributed by atoms with van der Waals surface area (Å²) in [6.07, 6.45) is 2.10. The quantitative estimate of drug-likeness (QED) is 0.196. The van der Waals surface area contributed by atoms with Crippen molar-refractivity contribution in [1.82, 2.24) is 14.5 Å². The van der Waals surface area contributed by atoms with E-state index in [1.54, 1.807) is 6.07 Å². The number of hydrogen-bond acceptors (Lipinski definition) is 4. The van der Waals surface area contributed by atoms with E-state index in [2.05, 4.69) is 105 Å². The molecule has 8 rings (SSSR count). The largest absolute Gasteiger partial charge is 0.507 e. The van der Waals surface area contributed by atoms with Crippen molar-refractivity contribution in [2.45, 2.75) is 19.6 Å². The molecule has 224 valence electrons. The minimum absolute atomic E-state index is 0.200. The number of para-hydroxylation sites is 3. The highest BCUT2D eigenvalue weighted by atomic mass is 28.3. The average Bonchev–Trinajstić information content (AvgIpc) is 3.62. The number of furan rings is 1. The third kappa shape index (κ3) is 4.53. The summed E-state index contributed by atoms with van der Waals surface area (Å²) in [5.74, 6) is 0.903. The van der Waals surface area contributed by atoms with Crippen molar-refractivity contribution in [1.29, 1.82) is 0 Å². The monoisotopic (exact) mass is 615 g/mol. The number of pyridine rings is 1. The van der Waals surface area contributed by atoms with Gasteiger partial charge in [0.2, 0.25) is 0 Å². The minimum atomic E-state index is -1.69. The van der Waals surface area contributed by atoms with E-state index >= 15 is 0 Å². The molecule has 0 unspecified atom stereocenters. The molecule has 8 aromatic rings. The van der Waals surface area contributed by atoms with Crippen molar-refractivity contribution in [2.75, 3.05) is 0 Å². The molecule has 3 heterocycles. The van der Waals surface area contributed by atoms with Gasteiger partial charge in [-0.3, -0.25) is 4.98 Å². The van der Waals surface area contributed by atoms with E-state index in [0.717, 1.165) is 55.4 Å². The first-order valence-electron chi connectivity index (χ1n) is 15.5. The Morgan fingerprint density at radius 2 is 1.41 bits per heavy atom. The van der Waals surface area contributed by atoms with Gasteiger partial charge in [-0.2, -0.15) is 0 Å². The summed E-state index contributed by atoms with van der Waals surface area (Å²) in [4.78, 5) is 10.2. The van der Waals surface area contributed by atoms with Crippen molar-refractivity contribution in [2.24, 2.45) is 7.05 Å². The Bertz CT molecular complexity index is 2430. The Labute approximate surface area is 268 Å². The van der Waals surface area contributed by atoms with Crippen molar-refractivity contribution in [3.8, 4) is 50.6 Å². The fourth-order valence-corrected chi connectivity index (χ4v) is 8.05. The maximum atomic E-state index is 10.7. The molecule has 46 heavy (non-hydrogen) atoms. The van der Waals surface area contributed by atoms with Crippen LogP contribution in [0.4, 0.5) is 0 Å². The number of phenolic OH excluding ortho intramolecular Hbond substituents is 1. The maximum Gasteiger partial charge on any atom is 0.144 e. The van der Waals surface area contributed by atoms with Crippen molar-refractivity contribution in [3.63, 3.8) is 0 Å². The molecule has 0 spiro atoms. The molecule has 0 amide bonds. The summed E-state index contributed by atoms with van der Waals surface area (Å²) >= 11 is 0. The lowest BCUT2D eigenvalue weighted by molar-refractivity contribution is 0.476. The van der Waals surface area contributed by atoms with Crippen LogP contribution >= 0.6 is 0 Å². The highest BCUT2D eigenvalue weighted by Crippen LogP contribution is 2.42. The Kier molecular flexibility index (Phi) is 6.44. The number of imidazole rings is 1. The zero-order valence-electron chi connectivity index (χ0n) is 26.2. The predicted molar refractivity (Wildman–Crippen MR) is 192 cm³/mol. The highest BCUT2D eigenvalue weighted by Gasteiger charge is 2.24. The highest BCUT2D eigenvalue weighted by molar-refractivity contribution is 6.89. The van der Waals surface area contributed by atoms with Crippen LogP contribution in [-0.4, -0.2) is 27.7 Å². The van der Waals surface area contributed by atoms with Crippen molar-refractivity contribution < 1.29 is 9.52 Å². The molecule has 0 fully saturated rings. The van der Waals surface area contributed by atoms with E-state index in [4.69, 9.17) is 14.4 Å². The molecule has 3 aromatic heterocycles. The number of nitrogens with zero attached hydrogens (tertiary/aromatic N) is 3. The first-order chi connectivity index (χ1) is 22.3. The number of rotatable bonds is 5. The van der Waals surface area contributed by atoms with Gasteiger partial charge in [0.15, 0.2) is 0 Å². The standard InChI is InChI=1S/C40H33N3O2Si/c1-43-34-18-12-17-28(38(34)42-40(43)29-16-8-10-19-35(29)44)32-22-26(21-31-27-15-9-11-20-36(27)45-39(31)32)33-23-30(25-13-6-5-7-14-25)37(24-41-33)46(2,3)4/h5-24,44H,1-4H3. The van der Waals surface area contributed by atoms with Crippen molar-refractivity contribution in [3.05, 3.63) is 121 Å². The number of phenols is 1. The van der Waals surface area contributed by atoms with Crippen LogP contribution in [0.2, 0.25) is 19.6 Å². The van der Waals surface area contributed by atoms with Gasteiger partial charge in [-0.15, -0.1) is 0 Å². The summed E-state index contributed by atoms with van der Waals surface area (Å²) in [6.45, 7) is 7.11. The summed E-state index contributed by atoms with van der Waals surface area (Å²) in [7, 11) is 0.300. The number of hydrogen-bond donors (Lipinski definition) is 1. The lowest BCUT2D eigenvalue weighted by Gasteiger charge is -2.21. The van der Waals surface area contributed by atoms with Crippen LogP contribution in [0.1, 0.15) is 0 Å². The molecule has 6 heteroatoms. The normalized spacial score (nSPS) is 12.0. The lowest BCUT2D eigenvalue weighted by atomic mass is 9.96. The lowest BCUT2D eigenvalue weighted by Crippen LogP contribution is -2.39. The number of aromatic hydroxyl groups is 1. The fraction of sp³-hybridized carbons (Fsp3) is 0.100. The van der Waals surface area contributed by atoms with Crippen molar-refractivity contribution >= 4 is 46.2 Å². The first-order valence-corrected chi connectivity index (χ1v) is 19.0. The second-order valence-electron chi connectivity index (χ2n) is 12.9. The Morgan fingerprint density at radius 3 is 2.22 bits per heavy atom. The Balaban J connectivity index is 1.41. The van der Waals surface area contributed by atoms with E-state index in [-0.39, 0.29) is 5.75 Å². The van der Waals surface area contributed by atoms with Crippen LogP contribution < -0.4 is 5.19 Å². The summed E-state index contributed by atoms with van der Waals surface area (Å²) in [5, 5.41) is 14.1. The summed E-state index contributed by atoms with van der Waals surface area (Å²) in [6, 6.07) is 39.0. The van der Waals surface area contributed by atoms with Gasteiger partial charge in [-0.25, -0.2) is 4.98 Å². The second-order valence-corrected chi connectivity index (χ2v) is 18.0. The first kappa shape index (κ1) is 28.0. The molecule has 1 N–H and O–H groups in total. The van der Waals surface area contributed by atoms with Gasteiger partial charge in [0.1, 0.15) is 22.7 Å². The van der Waals surface area contributed by atoms with Crippen LogP contribution in [0.25, 0.3) is 77.9 Å². The Hall–Kier alpha value is -5.46. The molecule has 0 aliphatic rings. The van der Waals surface area contributed by atoms with Crippen LogP contribution in [0.3, 0.4) is 0 Å². The number of aryl methyl sites for hydroxylation is 1. The van der Waals surface area contributed by atoms with E-state index in [1.807, 2.05) is 41.9 Å². The SMILES string of the molecule is Cn1c(-c2ccccc2O)nc2c(-c3cc(-c4cc(-c5ccccc5)c([Si](C)(C)C)cn4)cc4c3oc3ccccc34)cccc21. The van der Waals surface area contributed by atoms with Gasteiger partial charge in [0.05, 0.1) is 30.4 Å². The number of benzene rings is 5. The van der Waals surface area contributed by atoms with Gasteiger partial charge in [0.25, 0.3) is 0 Å². The van der Waals surface area contributed by atoms with E-state index in [9.17, 15) is 5.11 Å². The van der Waals surface area contributed by atoms with Crippen LogP contribution in [0.15, 0.2) is 126 Å². The molecule has 0 bridgehead atoms. The maximum absolute atomic E-state index is 10.7. The molecule has 0 aliphatic carbocycles. The van der Waals surface area contributed by atoms with Gasteiger partial charge < -0.3 is 14.1 Å². The van der Waals surface area contributed by atoms with Crippen LogP contribution in [0.5, 0.6) is 5.75 Å². The summed E-state index contributed by atoms with van der Waals surface area (Å²) in [5.41, 5.74) is 10.4. The van der Waals surface area contributed by atoms with Gasteiger partial charge in [-0.1, -0.05) is 92.4 Å². The zero-order valence-corrected chi connectivity index (χ0v) is 27.2. The minimum Gasteiger partial charge on any atom is -0.507 e. The van der Waals surface area contributed by atoms with Gasteiger partial charge >= 0.3 is 0 Å². The predicted octanol–water partition coefficient (Wildman–Crippen LogP) is 9.79.